The number of nitrogens with one attached hydrogen (secondary N) is 1. The number of rotatable bonds is 9. The maximum absolute atomic E-state index is 11.3. The number of ether oxygens (including phenoxy) is 1. The molecular formula is C17H31N2O6P. The number of hydrogen-bond donors (Lipinski definition) is 2. The SMILES string of the molecule is CC[C@@]1(/C=C/P(OC)OC)CCCC(N(C)/C=C\C(=O)NC=O)O1.CO. The zero-order valence-corrected chi connectivity index (χ0v) is 17.1. The van der Waals surface area contributed by atoms with E-state index >= 15 is 0 Å². The molecule has 1 rings (SSSR count). The number of hydrogen-bond acceptors (Lipinski definition) is 7. The van der Waals surface area contributed by atoms with Gasteiger partial charge in [-0.25, -0.2) is 0 Å². The Morgan fingerprint density at radius 1 is 1.42 bits per heavy atom. The highest BCUT2D eigenvalue weighted by Gasteiger charge is 2.35. The van der Waals surface area contributed by atoms with E-state index in [1.165, 1.54) is 6.08 Å². The average molecular weight is 390 g/mol. The Bertz CT molecular complexity index is 470. The summed E-state index contributed by atoms with van der Waals surface area (Å²) < 4.78 is 16.8. The van der Waals surface area contributed by atoms with Gasteiger partial charge in [-0.05, 0) is 37.6 Å². The van der Waals surface area contributed by atoms with E-state index in [9.17, 15) is 9.59 Å². The molecule has 1 saturated heterocycles. The standard InChI is InChI=1S/C16H27N2O5P.CH4O/c1-5-16(10-12-24(21-3)22-4)9-6-7-15(23-16)18(2)11-8-14(20)17-13-19;1-2/h8,10-13,15H,5-7,9H2,1-4H3,(H,17,19,20);2H,1H3/b11-8-,12-10+;/t15?,16-;/m0./s1. The van der Waals surface area contributed by atoms with Gasteiger partial charge in [0, 0.05) is 40.7 Å². The molecule has 1 aliphatic heterocycles. The molecule has 2 N–H and O–H groups in total. The third-order valence-electron chi connectivity index (χ3n) is 4.00. The lowest BCUT2D eigenvalue weighted by molar-refractivity contribution is -0.147. The summed E-state index contributed by atoms with van der Waals surface area (Å²) >= 11 is 0. The zero-order chi connectivity index (χ0) is 20.0. The smallest absolute Gasteiger partial charge is 0.251 e. The molecule has 0 aromatic carbocycles. The molecule has 0 aromatic heterocycles. The number of amides is 2. The lowest BCUT2D eigenvalue weighted by Crippen LogP contribution is -2.44. The molecule has 1 unspecified atom stereocenters. The van der Waals surface area contributed by atoms with Gasteiger partial charge in [0.15, 0.2) is 8.38 Å². The predicted molar refractivity (Wildman–Crippen MR) is 101 cm³/mol. The van der Waals surface area contributed by atoms with E-state index in [4.69, 9.17) is 18.9 Å². The van der Waals surface area contributed by atoms with Crippen molar-refractivity contribution >= 4 is 20.7 Å². The summed E-state index contributed by atoms with van der Waals surface area (Å²) in [6, 6.07) is 0. The molecule has 8 nitrogen and oxygen atoms in total. The minimum absolute atomic E-state index is 0.139. The normalized spacial score (nSPS) is 23.0. The van der Waals surface area contributed by atoms with Gasteiger partial charge in [-0.1, -0.05) is 6.92 Å². The van der Waals surface area contributed by atoms with E-state index in [1.54, 1.807) is 20.4 Å². The molecular weight excluding hydrogens is 359 g/mol. The molecule has 9 heteroatoms. The second kappa shape index (κ2) is 13.8. The van der Waals surface area contributed by atoms with Crippen molar-refractivity contribution < 1.29 is 28.5 Å². The number of aliphatic hydroxyl groups is 1. The van der Waals surface area contributed by atoms with Crippen molar-refractivity contribution in [3.63, 3.8) is 0 Å². The summed E-state index contributed by atoms with van der Waals surface area (Å²) in [6.07, 6.45) is 8.83. The van der Waals surface area contributed by atoms with E-state index in [0.717, 1.165) is 32.8 Å². The van der Waals surface area contributed by atoms with E-state index in [-0.39, 0.29) is 11.8 Å². The van der Waals surface area contributed by atoms with Gasteiger partial charge in [0.25, 0.3) is 5.91 Å². The Labute approximate surface area is 157 Å². The van der Waals surface area contributed by atoms with E-state index < -0.39 is 14.3 Å². The van der Waals surface area contributed by atoms with Gasteiger partial charge >= 0.3 is 0 Å². The highest BCUT2D eigenvalue weighted by molar-refractivity contribution is 7.50. The third kappa shape index (κ3) is 8.38. The van der Waals surface area contributed by atoms with Crippen molar-refractivity contribution in [2.75, 3.05) is 28.4 Å². The topological polar surface area (TPSA) is 97.3 Å². The predicted octanol–water partition coefficient (Wildman–Crippen LogP) is 2.11. The van der Waals surface area contributed by atoms with Crippen LogP contribution in [0.1, 0.15) is 32.6 Å². The maximum atomic E-state index is 11.3. The van der Waals surface area contributed by atoms with Crippen LogP contribution in [-0.4, -0.2) is 62.5 Å². The fraction of sp³-hybridized carbons (Fsp3) is 0.647. The van der Waals surface area contributed by atoms with Crippen molar-refractivity contribution in [2.45, 2.75) is 44.4 Å². The molecule has 1 aliphatic rings. The van der Waals surface area contributed by atoms with Crippen LogP contribution in [0.25, 0.3) is 0 Å². The van der Waals surface area contributed by atoms with Gasteiger partial charge < -0.3 is 23.8 Å². The molecule has 0 bridgehead atoms. The van der Waals surface area contributed by atoms with Gasteiger partial charge in [-0.3, -0.25) is 14.9 Å². The first-order chi connectivity index (χ1) is 12.5. The highest BCUT2D eigenvalue weighted by atomic mass is 31.2. The van der Waals surface area contributed by atoms with Gasteiger partial charge in [0.2, 0.25) is 6.41 Å². The summed E-state index contributed by atoms with van der Waals surface area (Å²) in [5, 5.41) is 9.07. The van der Waals surface area contributed by atoms with E-state index in [1.807, 2.05) is 23.8 Å². The molecule has 150 valence electrons. The number of nitrogens with zero attached hydrogens (tertiary/aromatic N) is 1. The molecule has 26 heavy (non-hydrogen) atoms. The summed E-state index contributed by atoms with van der Waals surface area (Å²) in [7, 11) is 5.04. The summed E-state index contributed by atoms with van der Waals surface area (Å²) in [4.78, 5) is 23.4. The first-order valence-electron chi connectivity index (χ1n) is 8.34. The number of carbonyl (C=O) groups excluding carboxylic acids is 2. The first kappa shape index (κ1) is 24.7. The van der Waals surface area contributed by atoms with Crippen LogP contribution in [0.15, 0.2) is 24.2 Å². The van der Waals surface area contributed by atoms with Crippen LogP contribution in [-0.2, 0) is 23.4 Å². The van der Waals surface area contributed by atoms with Crippen molar-refractivity contribution in [1.29, 1.82) is 0 Å². The largest absolute Gasteiger partial charge is 0.400 e. The molecule has 2 atom stereocenters. The van der Waals surface area contributed by atoms with Crippen LogP contribution < -0.4 is 5.32 Å². The Hall–Kier alpha value is -1.31. The maximum Gasteiger partial charge on any atom is 0.251 e. The summed E-state index contributed by atoms with van der Waals surface area (Å²) in [5.41, 5.74) is -0.367. The monoisotopic (exact) mass is 390 g/mol. The molecule has 1 heterocycles. The Balaban J connectivity index is 0.00000301. The van der Waals surface area contributed by atoms with Crippen LogP contribution in [0.5, 0.6) is 0 Å². The van der Waals surface area contributed by atoms with E-state index in [0.29, 0.717) is 6.41 Å². The highest BCUT2D eigenvalue weighted by Crippen LogP contribution is 2.41. The Morgan fingerprint density at radius 2 is 2.08 bits per heavy atom. The third-order valence-corrected chi connectivity index (χ3v) is 5.11. The first-order valence-corrected chi connectivity index (χ1v) is 9.58. The molecule has 0 aromatic rings. The number of imide groups is 1. The number of carbonyl (C=O) groups is 2. The molecule has 0 aliphatic carbocycles. The second-order valence-electron chi connectivity index (χ2n) is 5.46. The molecule has 0 radical (unpaired) electrons. The lowest BCUT2D eigenvalue weighted by Gasteiger charge is -2.42. The van der Waals surface area contributed by atoms with Crippen LogP contribution >= 0.6 is 8.38 Å². The second-order valence-corrected chi connectivity index (χ2v) is 7.06. The summed E-state index contributed by atoms with van der Waals surface area (Å²) in [6.45, 7) is 2.09. The zero-order valence-electron chi connectivity index (χ0n) is 16.2. The summed E-state index contributed by atoms with van der Waals surface area (Å²) in [5.74, 6) is 1.47. The van der Waals surface area contributed by atoms with E-state index in [2.05, 4.69) is 12.2 Å². The fourth-order valence-electron chi connectivity index (χ4n) is 2.53. The van der Waals surface area contributed by atoms with Crippen LogP contribution in [0, 0.1) is 0 Å². The minimum atomic E-state index is -1.04. The van der Waals surface area contributed by atoms with Crippen LogP contribution in [0.3, 0.4) is 0 Å². The van der Waals surface area contributed by atoms with Gasteiger partial charge in [-0.15, -0.1) is 0 Å². The molecule has 2 amide bonds. The number of aliphatic hydroxyl groups excluding tert-OH is 1. The van der Waals surface area contributed by atoms with Crippen molar-refractivity contribution in [1.82, 2.24) is 10.2 Å². The van der Waals surface area contributed by atoms with Gasteiger partial charge in [-0.2, -0.15) is 0 Å². The average Bonchev–Trinajstić information content (AvgIpc) is 2.69. The van der Waals surface area contributed by atoms with Crippen LogP contribution in [0.4, 0.5) is 0 Å². The van der Waals surface area contributed by atoms with Gasteiger partial charge in [0.1, 0.15) is 6.23 Å². The lowest BCUT2D eigenvalue weighted by atomic mass is 9.90. The fourth-order valence-corrected chi connectivity index (χ4v) is 3.32. The van der Waals surface area contributed by atoms with Crippen molar-refractivity contribution in [3.8, 4) is 0 Å². The quantitative estimate of drug-likeness (QED) is 0.353. The minimum Gasteiger partial charge on any atom is -0.400 e. The molecule has 0 spiro atoms. The van der Waals surface area contributed by atoms with Crippen LogP contribution in [0.2, 0.25) is 0 Å². The molecule has 1 fully saturated rings. The van der Waals surface area contributed by atoms with Crippen molar-refractivity contribution in [2.24, 2.45) is 0 Å². The Kier molecular flexibility index (Phi) is 13.1. The molecule has 0 saturated carbocycles. The van der Waals surface area contributed by atoms with Gasteiger partial charge in [0.05, 0.1) is 5.60 Å². The Morgan fingerprint density at radius 3 is 2.62 bits per heavy atom. The van der Waals surface area contributed by atoms with Crippen molar-refractivity contribution in [3.05, 3.63) is 24.2 Å².